The summed E-state index contributed by atoms with van der Waals surface area (Å²) in [4.78, 5) is 0. The first-order valence-corrected chi connectivity index (χ1v) is 9.89. The van der Waals surface area contributed by atoms with Crippen molar-refractivity contribution in [2.75, 3.05) is 0 Å². The smallest absolute Gasteiger partial charge is 0.376 e. The van der Waals surface area contributed by atoms with Crippen LogP contribution >= 0.6 is 0 Å². The van der Waals surface area contributed by atoms with E-state index < -0.39 is 23.6 Å². The van der Waals surface area contributed by atoms with E-state index in [0.29, 0.717) is 26.7 Å². The van der Waals surface area contributed by atoms with E-state index in [1.165, 1.54) is 36.4 Å². The van der Waals surface area contributed by atoms with Gasteiger partial charge in [0, 0.05) is 0 Å². The van der Waals surface area contributed by atoms with Gasteiger partial charge in [-0.3, -0.25) is 0 Å². The zero-order valence-electron chi connectivity index (χ0n) is 17.5. The monoisotopic (exact) mass is 448 g/mol. The summed E-state index contributed by atoms with van der Waals surface area (Å²) in [5.74, 6) is 0.0304. The van der Waals surface area contributed by atoms with E-state index in [1.54, 1.807) is 12.1 Å². The van der Waals surface area contributed by atoms with Crippen molar-refractivity contribution in [1.82, 2.24) is 0 Å². The highest BCUT2D eigenvalue weighted by Gasteiger charge is 2.51. The van der Waals surface area contributed by atoms with Crippen LogP contribution in [0.5, 0.6) is 0 Å². The molecule has 2 N–H and O–H groups in total. The molecule has 2 nitrogen and oxygen atoms in total. The Bertz CT molecular complexity index is 850. The minimum Gasteiger partial charge on any atom is -0.376 e. The van der Waals surface area contributed by atoms with Gasteiger partial charge in [-0.1, -0.05) is 55.5 Å². The minimum atomic E-state index is -4.79. The van der Waals surface area contributed by atoms with Crippen LogP contribution in [0.3, 0.4) is 0 Å². The predicted molar refractivity (Wildman–Crippen MR) is 105 cm³/mol. The molecule has 0 saturated carbocycles. The van der Waals surface area contributed by atoms with Gasteiger partial charge in [-0.15, -0.1) is 0 Å². The molecule has 0 amide bonds. The first-order chi connectivity index (χ1) is 14.1. The van der Waals surface area contributed by atoms with E-state index >= 15 is 0 Å². The Morgan fingerprint density at radius 2 is 1.10 bits per heavy atom. The first kappa shape index (κ1) is 25.2. The molecular weight excluding hydrogens is 422 g/mol. The van der Waals surface area contributed by atoms with Crippen LogP contribution in [0.2, 0.25) is 0 Å². The van der Waals surface area contributed by atoms with Crippen LogP contribution in [0.1, 0.15) is 61.8 Å². The fraction of sp³-hybridized carbons (Fsp3) is 0.478. The number of aliphatic hydroxyl groups is 2. The molecule has 3 atom stereocenters. The van der Waals surface area contributed by atoms with E-state index in [4.69, 9.17) is 0 Å². The number of alkyl halides is 6. The maximum Gasteiger partial charge on any atom is 0.421 e. The normalized spacial score (nSPS) is 17.6. The number of benzene rings is 2. The second kappa shape index (κ2) is 8.82. The Morgan fingerprint density at radius 1 is 0.710 bits per heavy atom. The van der Waals surface area contributed by atoms with Crippen molar-refractivity contribution in [3.05, 3.63) is 70.8 Å². The summed E-state index contributed by atoms with van der Waals surface area (Å²) < 4.78 is 77.8. The molecule has 172 valence electrons. The van der Waals surface area contributed by atoms with Gasteiger partial charge < -0.3 is 10.2 Å². The van der Waals surface area contributed by atoms with Crippen molar-refractivity contribution in [2.45, 2.75) is 69.5 Å². The van der Waals surface area contributed by atoms with Crippen molar-refractivity contribution in [3.63, 3.8) is 0 Å². The quantitative estimate of drug-likeness (QED) is 0.485. The zero-order chi connectivity index (χ0) is 23.7. The molecule has 2 rings (SSSR count). The second-order valence-corrected chi connectivity index (χ2v) is 8.10. The number of hydrogen-bond donors (Lipinski definition) is 2. The Morgan fingerprint density at radius 3 is 1.45 bits per heavy atom. The number of hydrogen-bond acceptors (Lipinski definition) is 2. The van der Waals surface area contributed by atoms with Crippen molar-refractivity contribution in [1.29, 1.82) is 0 Å². The average Bonchev–Trinajstić information content (AvgIpc) is 2.67. The molecule has 0 aromatic heterocycles. The molecule has 0 aliphatic rings. The molecule has 0 heterocycles. The molecule has 8 heteroatoms. The summed E-state index contributed by atoms with van der Waals surface area (Å²) in [6.07, 6.45) is -7.67. The predicted octanol–water partition coefficient (Wildman–Crippen LogP) is 6.35. The third-order valence-corrected chi connectivity index (χ3v) is 5.84. The molecule has 0 aliphatic heterocycles. The summed E-state index contributed by atoms with van der Waals surface area (Å²) in [5.41, 5.74) is -4.75. The van der Waals surface area contributed by atoms with Crippen molar-refractivity contribution >= 4 is 0 Å². The molecule has 0 fully saturated rings. The third kappa shape index (κ3) is 5.41. The zero-order valence-corrected chi connectivity index (χ0v) is 17.5. The van der Waals surface area contributed by atoms with E-state index in [-0.39, 0.29) is 17.0 Å². The molecule has 3 unspecified atom stereocenters. The highest BCUT2D eigenvalue weighted by atomic mass is 19.4. The summed E-state index contributed by atoms with van der Waals surface area (Å²) in [7, 11) is 0. The van der Waals surface area contributed by atoms with Crippen LogP contribution < -0.4 is 0 Å². The van der Waals surface area contributed by atoms with Crippen molar-refractivity contribution in [3.8, 4) is 0 Å². The molecule has 31 heavy (non-hydrogen) atoms. The molecular formula is C23H26F6O2. The summed E-state index contributed by atoms with van der Waals surface area (Å²) in [6.45, 7) is 3.35. The van der Waals surface area contributed by atoms with Crippen LogP contribution in [0.4, 0.5) is 26.3 Å². The lowest BCUT2D eigenvalue weighted by Crippen LogP contribution is -2.39. The van der Waals surface area contributed by atoms with Gasteiger partial charge in [0.1, 0.15) is 0 Å². The van der Waals surface area contributed by atoms with Crippen molar-refractivity contribution < 1.29 is 36.6 Å². The summed E-state index contributed by atoms with van der Waals surface area (Å²) in [5, 5.41) is 19.5. The number of halogens is 6. The first-order valence-electron chi connectivity index (χ1n) is 9.89. The SMILES string of the molecule is CCC(CCc1ccc(C(C)(O)C(F)(F)F)cc1)c1ccc(C(C)(O)C(F)(F)F)cc1. The lowest BCUT2D eigenvalue weighted by atomic mass is 9.87. The van der Waals surface area contributed by atoms with Gasteiger partial charge in [-0.05, 0) is 61.3 Å². The Kier molecular flexibility index (Phi) is 7.17. The maximum absolute atomic E-state index is 13.0. The van der Waals surface area contributed by atoms with Crippen LogP contribution in [0, 0.1) is 0 Å². The largest absolute Gasteiger partial charge is 0.421 e. The van der Waals surface area contributed by atoms with Gasteiger partial charge in [-0.25, -0.2) is 0 Å². The Balaban J connectivity index is 2.09. The van der Waals surface area contributed by atoms with Gasteiger partial charge in [0.25, 0.3) is 0 Å². The van der Waals surface area contributed by atoms with E-state index in [1.807, 2.05) is 6.92 Å². The van der Waals surface area contributed by atoms with E-state index in [2.05, 4.69) is 0 Å². The van der Waals surface area contributed by atoms with Crippen LogP contribution in [0.15, 0.2) is 48.5 Å². The van der Waals surface area contributed by atoms with Crippen LogP contribution in [0.25, 0.3) is 0 Å². The Hall–Kier alpha value is -2.06. The van der Waals surface area contributed by atoms with Gasteiger partial charge >= 0.3 is 12.4 Å². The van der Waals surface area contributed by atoms with Crippen LogP contribution in [-0.2, 0) is 17.6 Å². The fourth-order valence-electron chi connectivity index (χ4n) is 3.35. The molecule has 0 radical (unpaired) electrons. The molecule has 2 aromatic rings. The topological polar surface area (TPSA) is 40.5 Å². The van der Waals surface area contributed by atoms with Crippen molar-refractivity contribution in [2.24, 2.45) is 0 Å². The highest BCUT2D eigenvalue weighted by molar-refractivity contribution is 5.31. The Labute approximate surface area is 177 Å². The molecule has 2 aromatic carbocycles. The average molecular weight is 448 g/mol. The number of rotatable bonds is 7. The van der Waals surface area contributed by atoms with E-state index in [0.717, 1.165) is 17.5 Å². The second-order valence-electron chi connectivity index (χ2n) is 8.10. The number of aryl methyl sites for hydroxylation is 1. The summed E-state index contributed by atoms with van der Waals surface area (Å²) >= 11 is 0. The van der Waals surface area contributed by atoms with Gasteiger partial charge in [0.2, 0.25) is 0 Å². The summed E-state index contributed by atoms with van der Waals surface area (Å²) in [6, 6.07) is 11.2. The lowest BCUT2D eigenvalue weighted by molar-refractivity contribution is -0.259. The molecule has 0 saturated heterocycles. The standard InChI is InChI=1S/C23H26F6O2/c1-4-16(17-9-13-19(14-10-17)21(3,31)23(27,28)29)8-5-15-6-11-18(12-7-15)20(2,30)22(24,25)26/h6-7,9-14,16,30-31H,4-5,8H2,1-3H3. The fourth-order valence-corrected chi connectivity index (χ4v) is 3.35. The van der Waals surface area contributed by atoms with E-state index in [9.17, 15) is 36.6 Å². The lowest BCUT2D eigenvalue weighted by Gasteiger charge is -2.27. The third-order valence-electron chi connectivity index (χ3n) is 5.84. The van der Waals surface area contributed by atoms with Gasteiger partial charge in [0.15, 0.2) is 11.2 Å². The maximum atomic E-state index is 13.0. The highest BCUT2D eigenvalue weighted by Crippen LogP contribution is 2.40. The molecule has 0 bridgehead atoms. The van der Waals surface area contributed by atoms with Crippen LogP contribution in [-0.4, -0.2) is 22.6 Å². The molecule has 0 aliphatic carbocycles. The van der Waals surface area contributed by atoms with Gasteiger partial charge in [0.05, 0.1) is 0 Å². The van der Waals surface area contributed by atoms with Gasteiger partial charge in [-0.2, -0.15) is 26.3 Å². The minimum absolute atomic E-state index is 0.0304. The molecule has 0 spiro atoms.